The van der Waals surface area contributed by atoms with Crippen molar-refractivity contribution in [3.63, 3.8) is 0 Å². The molecule has 0 aromatic carbocycles. The van der Waals surface area contributed by atoms with Gasteiger partial charge < -0.3 is 15.0 Å². The molecule has 1 aromatic rings. The van der Waals surface area contributed by atoms with Gasteiger partial charge in [0.15, 0.2) is 0 Å². The molecule has 1 aromatic heterocycles. The molecule has 0 fully saturated rings. The van der Waals surface area contributed by atoms with Crippen molar-refractivity contribution in [2.45, 2.75) is 26.3 Å². The predicted molar refractivity (Wildman–Crippen MR) is 65.3 cm³/mol. The van der Waals surface area contributed by atoms with Crippen LogP contribution >= 0.6 is 0 Å². The van der Waals surface area contributed by atoms with Gasteiger partial charge in [0.2, 0.25) is 5.91 Å². The first-order chi connectivity index (χ1) is 8.43. The Morgan fingerprint density at radius 1 is 1.39 bits per heavy atom. The van der Waals surface area contributed by atoms with Gasteiger partial charge in [0, 0.05) is 24.3 Å². The predicted octanol–water partition coefficient (Wildman–Crippen LogP) is -1.16. The van der Waals surface area contributed by atoms with E-state index in [2.05, 4.69) is 4.98 Å². The van der Waals surface area contributed by atoms with E-state index in [1.54, 1.807) is 0 Å². The minimum Gasteiger partial charge on any atom is -0.395 e. The van der Waals surface area contributed by atoms with E-state index in [1.165, 1.54) is 11.0 Å². The summed E-state index contributed by atoms with van der Waals surface area (Å²) in [5.41, 5.74) is -0.916. The van der Waals surface area contributed by atoms with Gasteiger partial charge in [0.05, 0.1) is 13.0 Å². The number of hydrogen-bond donors (Lipinski definition) is 3. The van der Waals surface area contributed by atoms with Gasteiger partial charge in [-0.05, 0) is 13.8 Å². The van der Waals surface area contributed by atoms with Crippen LogP contribution in [0.25, 0.3) is 0 Å². The zero-order chi connectivity index (χ0) is 13.7. The van der Waals surface area contributed by atoms with E-state index in [4.69, 9.17) is 5.11 Å². The highest BCUT2D eigenvalue weighted by molar-refractivity contribution is 5.78. The second kappa shape index (κ2) is 6.15. The van der Waals surface area contributed by atoms with Gasteiger partial charge in [-0.3, -0.25) is 14.6 Å². The number of aliphatic hydroxyl groups is 1. The van der Waals surface area contributed by atoms with Crippen LogP contribution in [0.3, 0.4) is 0 Å². The first-order valence-corrected chi connectivity index (χ1v) is 5.67. The minimum absolute atomic E-state index is 0.0571. The Morgan fingerprint density at radius 2 is 2.06 bits per heavy atom. The van der Waals surface area contributed by atoms with Crippen molar-refractivity contribution in [3.05, 3.63) is 32.6 Å². The van der Waals surface area contributed by atoms with E-state index in [0.717, 1.165) is 0 Å². The standard InChI is InChI=1S/C11H17N3O4/c1-7(2)14(3-4-15)10(17)6-8-5-9(16)13-11(18)12-8/h5,7,15H,3-4,6H2,1-2H3,(H2,12,13,16,18). The number of aliphatic hydroxyl groups excluding tert-OH is 1. The third kappa shape index (κ3) is 3.85. The molecule has 1 amide bonds. The Bertz CT molecular complexity index is 489. The topological polar surface area (TPSA) is 106 Å². The summed E-state index contributed by atoms with van der Waals surface area (Å²) < 4.78 is 0. The van der Waals surface area contributed by atoms with Gasteiger partial charge in [-0.2, -0.15) is 0 Å². The van der Waals surface area contributed by atoms with Crippen molar-refractivity contribution in [1.29, 1.82) is 0 Å². The summed E-state index contributed by atoms with van der Waals surface area (Å²) >= 11 is 0. The first-order valence-electron chi connectivity index (χ1n) is 5.67. The number of H-pyrrole nitrogens is 2. The SMILES string of the molecule is CC(C)N(CCO)C(=O)Cc1cc(=O)[nH]c(=O)[nH]1. The summed E-state index contributed by atoms with van der Waals surface area (Å²) in [5, 5.41) is 8.88. The summed E-state index contributed by atoms with van der Waals surface area (Å²) in [6, 6.07) is 1.12. The second-order valence-corrected chi connectivity index (χ2v) is 4.19. The van der Waals surface area contributed by atoms with Gasteiger partial charge in [-0.15, -0.1) is 0 Å². The molecule has 0 aliphatic rings. The second-order valence-electron chi connectivity index (χ2n) is 4.19. The molecule has 7 heteroatoms. The quantitative estimate of drug-likeness (QED) is 0.616. The van der Waals surface area contributed by atoms with Crippen LogP contribution in [0.2, 0.25) is 0 Å². The third-order valence-corrected chi connectivity index (χ3v) is 2.44. The van der Waals surface area contributed by atoms with Gasteiger partial charge in [0.25, 0.3) is 5.56 Å². The van der Waals surface area contributed by atoms with Crippen molar-refractivity contribution in [2.75, 3.05) is 13.2 Å². The lowest BCUT2D eigenvalue weighted by Gasteiger charge is -2.25. The van der Waals surface area contributed by atoms with Crippen molar-refractivity contribution in [3.8, 4) is 0 Å². The maximum absolute atomic E-state index is 11.9. The van der Waals surface area contributed by atoms with E-state index < -0.39 is 11.2 Å². The number of nitrogens with one attached hydrogen (secondary N) is 2. The van der Waals surface area contributed by atoms with Crippen molar-refractivity contribution >= 4 is 5.91 Å². The average molecular weight is 255 g/mol. The Labute approximate surface area is 103 Å². The van der Waals surface area contributed by atoms with E-state index in [0.29, 0.717) is 0 Å². The number of carbonyl (C=O) groups excluding carboxylic acids is 1. The molecule has 0 unspecified atom stereocenters. The number of carbonyl (C=O) groups is 1. The average Bonchev–Trinajstić information content (AvgIpc) is 2.23. The van der Waals surface area contributed by atoms with Crippen LogP contribution in [-0.4, -0.2) is 45.1 Å². The molecule has 0 spiro atoms. The molecule has 0 aliphatic heterocycles. The smallest absolute Gasteiger partial charge is 0.325 e. The molecule has 0 radical (unpaired) electrons. The fourth-order valence-corrected chi connectivity index (χ4v) is 1.66. The molecular formula is C11H17N3O4. The molecule has 18 heavy (non-hydrogen) atoms. The number of amides is 1. The summed E-state index contributed by atoms with van der Waals surface area (Å²) in [5.74, 6) is -0.250. The van der Waals surface area contributed by atoms with E-state index in [-0.39, 0.29) is 37.2 Å². The fourth-order valence-electron chi connectivity index (χ4n) is 1.66. The van der Waals surface area contributed by atoms with Gasteiger partial charge >= 0.3 is 5.69 Å². The summed E-state index contributed by atoms with van der Waals surface area (Å²) in [7, 11) is 0. The monoisotopic (exact) mass is 255 g/mol. The molecule has 0 atom stereocenters. The van der Waals surface area contributed by atoms with Crippen LogP contribution in [0.5, 0.6) is 0 Å². The Morgan fingerprint density at radius 3 is 2.56 bits per heavy atom. The zero-order valence-electron chi connectivity index (χ0n) is 10.4. The lowest BCUT2D eigenvalue weighted by atomic mass is 10.2. The Kier molecular flexibility index (Phi) is 4.85. The molecule has 1 heterocycles. The maximum Gasteiger partial charge on any atom is 0.325 e. The molecule has 0 saturated carbocycles. The number of hydrogen-bond acceptors (Lipinski definition) is 4. The first kappa shape index (κ1) is 14.2. The molecule has 1 rings (SSSR count). The summed E-state index contributed by atoms with van der Waals surface area (Å²) in [6.45, 7) is 3.75. The molecule has 3 N–H and O–H groups in total. The van der Waals surface area contributed by atoms with Crippen molar-refractivity contribution in [2.24, 2.45) is 0 Å². The highest BCUT2D eigenvalue weighted by Gasteiger charge is 2.17. The lowest BCUT2D eigenvalue weighted by Crippen LogP contribution is -2.40. The summed E-state index contributed by atoms with van der Waals surface area (Å²) in [6.07, 6.45) is -0.0721. The van der Waals surface area contributed by atoms with Gasteiger partial charge in [-0.1, -0.05) is 0 Å². The Hall–Kier alpha value is -1.89. The highest BCUT2D eigenvalue weighted by atomic mass is 16.3. The van der Waals surface area contributed by atoms with Crippen LogP contribution in [0.4, 0.5) is 0 Å². The number of aromatic nitrogens is 2. The van der Waals surface area contributed by atoms with Crippen LogP contribution < -0.4 is 11.2 Å². The third-order valence-electron chi connectivity index (χ3n) is 2.44. The van der Waals surface area contributed by atoms with Crippen LogP contribution in [0.1, 0.15) is 19.5 Å². The zero-order valence-corrected chi connectivity index (χ0v) is 10.4. The molecule has 0 bridgehead atoms. The van der Waals surface area contributed by atoms with E-state index in [9.17, 15) is 14.4 Å². The molecular weight excluding hydrogens is 238 g/mol. The number of nitrogens with zero attached hydrogens (tertiary/aromatic N) is 1. The largest absolute Gasteiger partial charge is 0.395 e. The Balaban J connectivity index is 2.85. The lowest BCUT2D eigenvalue weighted by molar-refractivity contribution is -0.132. The molecule has 0 saturated heterocycles. The number of rotatable bonds is 5. The molecule has 0 aliphatic carbocycles. The van der Waals surface area contributed by atoms with E-state index >= 15 is 0 Å². The maximum atomic E-state index is 11.9. The fraction of sp³-hybridized carbons (Fsp3) is 0.545. The van der Waals surface area contributed by atoms with Crippen molar-refractivity contribution < 1.29 is 9.90 Å². The number of aromatic amines is 2. The van der Waals surface area contributed by atoms with Crippen LogP contribution in [0, 0.1) is 0 Å². The van der Waals surface area contributed by atoms with Crippen LogP contribution in [0.15, 0.2) is 15.7 Å². The van der Waals surface area contributed by atoms with E-state index in [1.807, 2.05) is 18.8 Å². The normalized spacial score (nSPS) is 10.7. The minimum atomic E-state index is -0.636. The van der Waals surface area contributed by atoms with Crippen LogP contribution in [-0.2, 0) is 11.2 Å². The molecule has 7 nitrogen and oxygen atoms in total. The summed E-state index contributed by atoms with van der Waals surface area (Å²) in [4.78, 5) is 40.0. The van der Waals surface area contributed by atoms with Gasteiger partial charge in [0.1, 0.15) is 0 Å². The van der Waals surface area contributed by atoms with Gasteiger partial charge in [-0.25, -0.2) is 4.79 Å². The molecule has 100 valence electrons. The highest BCUT2D eigenvalue weighted by Crippen LogP contribution is 2.02. The van der Waals surface area contributed by atoms with Crippen molar-refractivity contribution in [1.82, 2.24) is 14.9 Å².